The van der Waals surface area contributed by atoms with Gasteiger partial charge in [0.05, 0.1) is 11.9 Å². The maximum Gasteiger partial charge on any atom is 0.259 e. The first kappa shape index (κ1) is 16.3. The first-order valence-electron chi connectivity index (χ1n) is 9.58. The Kier molecular flexibility index (Phi) is 4.99. The molecule has 130 valence electrons. The molecular formula is C19H27N3OS. The summed E-state index contributed by atoms with van der Waals surface area (Å²) in [5, 5.41) is 4.50. The van der Waals surface area contributed by atoms with Gasteiger partial charge in [0.2, 0.25) is 0 Å². The molecule has 0 radical (unpaired) electrons. The Morgan fingerprint density at radius 3 is 2.62 bits per heavy atom. The highest BCUT2D eigenvalue weighted by atomic mass is 32.1. The Morgan fingerprint density at radius 2 is 1.79 bits per heavy atom. The molecule has 4 rings (SSSR count). The summed E-state index contributed by atoms with van der Waals surface area (Å²) in [4.78, 5) is 22.7. The number of aromatic nitrogens is 2. The van der Waals surface area contributed by atoms with Crippen LogP contribution in [0.5, 0.6) is 0 Å². The van der Waals surface area contributed by atoms with Crippen molar-refractivity contribution < 1.29 is 0 Å². The van der Waals surface area contributed by atoms with Crippen LogP contribution in [0.3, 0.4) is 0 Å². The van der Waals surface area contributed by atoms with Gasteiger partial charge in [-0.25, -0.2) is 4.98 Å². The van der Waals surface area contributed by atoms with E-state index in [1.807, 2.05) is 0 Å². The van der Waals surface area contributed by atoms with E-state index in [9.17, 15) is 4.79 Å². The predicted octanol–water partition coefficient (Wildman–Crippen LogP) is 4.07. The smallest absolute Gasteiger partial charge is 0.259 e. The third-order valence-electron chi connectivity index (χ3n) is 5.54. The van der Waals surface area contributed by atoms with Crippen molar-refractivity contribution in [3.63, 3.8) is 0 Å². The molecule has 2 aliphatic rings. The van der Waals surface area contributed by atoms with E-state index >= 15 is 0 Å². The van der Waals surface area contributed by atoms with Crippen molar-refractivity contribution >= 4 is 21.6 Å². The number of rotatable bonds is 3. The zero-order valence-electron chi connectivity index (χ0n) is 14.3. The summed E-state index contributed by atoms with van der Waals surface area (Å²) >= 11 is 1.74. The normalized spacial score (nSPS) is 19.8. The molecule has 4 nitrogen and oxygen atoms in total. The minimum atomic E-state index is 0.0638. The fourth-order valence-corrected chi connectivity index (χ4v) is 5.47. The van der Waals surface area contributed by atoms with E-state index in [2.05, 4.69) is 10.3 Å². The highest BCUT2D eigenvalue weighted by Crippen LogP contribution is 2.33. The largest absolute Gasteiger partial charge is 0.309 e. The molecule has 0 atom stereocenters. The van der Waals surface area contributed by atoms with Crippen molar-refractivity contribution in [1.82, 2.24) is 15.3 Å². The number of aromatic amines is 1. The molecule has 2 N–H and O–H groups in total. The second kappa shape index (κ2) is 7.36. The molecule has 2 heterocycles. The molecule has 1 fully saturated rings. The topological polar surface area (TPSA) is 57.8 Å². The van der Waals surface area contributed by atoms with E-state index < -0.39 is 0 Å². The first-order valence-corrected chi connectivity index (χ1v) is 10.4. The fraction of sp³-hybridized carbons (Fsp3) is 0.684. The number of hydrogen-bond acceptors (Lipinski definition) is 4. The van der Waals surface area contributed by atoms with E-state index in [1.165, 1.54) is 68.2 Å². The number of aryl methyl sites for hydroxylation is 2. The number of nitrogens with zero attached hydrogens (tertiary/aromatic N) is 1. The maximum absolute atomic E-state index is 12.6. The van der Waals surface area contributed by atoms with E-state index in [0.717, 1.165) is 28.9 Å². The van der Waals surface area contributed by atoms with Gasteiger partial charge in [-0.15, -0.1) is 11.3 Å². The summed E-state index contributed by atoms with van der Waals surface area (Å²) in [7, 11) is 0. The predicted molar refractivity (Wildman–Crippen MR) is 99.8 cm³/mol. The zero-order chi connectivity index (χ0) is 16.4. The van der Waals surface area contributed by atoms with Crippen LogP contribution in [0.1, 0.15) is 74.1 Å². The fourth-order valence-electron chi connectivity index (χ4n) is 4.19. The van der Waals surface area contributed by atoms with Crippen LogP contribution >= 0.6 is 11.3 Å². The Balaban J connectivity index is 1.51. The number of nitrogens with one attached hydrogen (secondary N) is 2. The second-order valence-electron chi connectivity index (χ2n) is 7.33. The van der Waals surface area contributed by atoms with Crippen molar-refractivity contribution in [1.29, 1.82) is 0 Å². The summed E-state index contributed by atoms with van der Waals surface area (Å²) in [6.07, 6.45) is 13.8. The van der Waals surface area contributed by atoms with Crippen LogP contribution in [0, 0.1) is 0 Å². The summed E-state index contributed by atoms with van der Waals surface area (Å²) in [5.74, 6) is 0.799. The number of fused-ring (bicyclic) bond motifs is 3. The maximum atomic E-state index is 12.6. The molecule has 5 heteroatoms. The average molecular weight is 346 g/mol. The van der Waals surface area contributed by atoms with Crippen molar-refractivity contribution in [3.8, 4) is 0 Å². The zero-order valence-corrected chi connectivity index (χ0v) is 15.1. The van der Waals surface area contributed by atoms with E-state index in [1.54, 1.807) is 11.3 Å². The standard InChI is InChI=1S/C19H27N3OS/c23-18-17-14-10-6-7-11-15(14)24-19(17)22-16(21-18)12-20-13-8-4-2-1-3-5-9-13/h13,20H,1-12H2,(H,21,22,23). The van der Waals surface area contributed by atoms with Gasteiger partial charge in [-0.3, -0.25) is 4.79 Å². The lowest BCUT2D eigenvalue weighted by molar-refractivity contribution is 0.386. The Bertz CT molecular complexity index is 756. The monoisotopic (exact) mass is 345 g/mol. The Morgan fingerprint density at radius 1 is 1.04 bits per heavy atom. The van der Waals surface area contributed by atoms with Gasteiger partial charge in [-0.05, 0) is 44.1 Å². The molecule has 0 bridgehead atoms. The molecule has 0 aliphatic heterocycles. The van der Waals surface area contributed by atoms with Gasteiger partial charge in [0.15, 0.2) is 0 Å². The van der Waals surface area contributed by atoms with Gasteiger partial charge in [0.1, 0.15) is 10.7 Å². The van der Waals surface area contributed by atoms with Gasteiger partial charge in [-0.2, -0.15) is 0 Å². The average Bonchev–Trinajstić information content (AvgIpc) is 2.92. The van der Waals surface area contributed by atoms with Crippen LogP contribution in [0.15, 0.2) is 4.79 Å². The molecule has 0 amide bonds. The Labute approximate surface area is 147 Å². The molecule has 0 saturated heterocycles. The lowest BCUT2D eigenvalue weighted by atomic mass is 9.97. The molecule has 24 heavy (non-hydrogen) atoms. The van der Waals surface area contributed by atoms with Crippen molar-refractivity contribution in [3.05, 3.63) is 26.6 Å². The van der Waals surface area contributed by atoms with E-state index in [0.29, 0.717) is 12.6 Å². The minimum Gasteiger partial charge on any atom is -0.309 e. The molecule has 0 aromatic carbocycles. The molecule has 2 aliphatic carbocycles. The van der Waals surface area contributed by atoms with Crippen LogP contribution in [-0.4, -0.2) is 16.0 Å². The SMILES string of the molecule is O=c1[nH]c(CNC2CCCCCCC2)nc2sc3c(c12)CCCC3. The molecule has 0 spiro atoms. The van der Waals surface area contributed by atoms with E-state index in [-0.39, 0.29) is 5.56 Å². The number of thiophene rings is 1. The lowest BCUT2D eigenvalue weighted by Gasteiger charge is -2.20. The lowest BCUT2D eigenvalue weighted by Crippen LogP contribution is -2.30. The second-order valence-corrected chi connectivity index (χ2v) is 8.41. The molecular weight excluding hydrogens is 318 g/mol. The summed E-state index contributed by atoms with van der Waals surface area (Å²) in [6, 6.07) is 0.572. The number of H-pyrrole nitrogens is 1. The first-order chi connectivity index (χ1) is 11.8. The number of hydrogen-bond donors (Lipinski definition) is 2. The quantitative estimate of drug-likeness (QED) is 0.882. The summed E-state index contributed by atoms with van der Waals surface area (Å²) in [5.41, 5.74) is 1.34. The van der Waals surface area contributed by atoms with Crippen LogP contribution in [0.25, 0.3) is 10.2 Å². The van der Waals surface area contributed by atoms with Crippen molar-refractivity contribution in [2.45, 2.75) is 83.2 Å². The molecule has 0 unspecified atom stereocenters. The van der Waals surface area contributed by atoms with Gasteiger partial charge in [0, 0.05) is 10.9 Å². The Hall–Kier alpha value is -1.20. The summed E-state index contributed by atoms with van der Waals surface area (Å²) in [6.45, 7) is 0.679. The van der Waals surface area contributed by atoms with Crippen molar-refractivity contribution in [2.24, 2.45) is 0 Å². The third kappa shape index (κ3) is 3.42. The highest BCUT2D eigenvalue weighted by molar-refractivity contribution is 7.18. The van der Waals surface area contributed by atoms with Crippen LogP contribution in [-0.2, 0) is 19.4 Å². The van der Waals surface area contributed by atoms with Gasteiger partial charge < -0.3 is 10.3 Å². The molecule has 2 aromatic heterocycles. The van der Waals surface area contributed by atoms with Crippen LogP contribution in [0.2, 0.25) is 0 Å². The third-order valence-corrected chi connectivity index (χ3v) is 6.72. The highest BCUT2D eigenvalue weighted by Gasteiger charge is 2.20. The van der Waals surface area contributed by atoms with Gasteiger partial charge in [-0.1, -0.05) is 32.1 Å². The van der Waals surface area contributed by atoms with Gasteiger partial charge >= 0.3 is 0 Å². The molecule has 2 aromatic rings. The molecule has 1 saturated carbocycles. The summed E-state index contributed by atoms with van der Waals surface area (Å²) < 4.78 is 0. The minimum absolute atomic E-state index is 0.0638. The van der Waals surface area contributed by atoms with Crippen LogP contribution < -0.4 is 10.9 Å². The van der Waals surface area contributed by atoms with E-state index in [4.69, 9.17) is 4.98 Å². The van der Waals surface area contributed by atoms with Gasteiger partial charge in [0.25, 0.3) is 5.56 Å². The van der Waals surface area contributed by atoms with Crippen molar-refractivity contribution in [2.75, 3.05) is 0 Å². The van der Waals surface area contributed by atoms with Crippen LogP contribution in [0.4, 0.5) is 0 Å².